The number of fused-ring (bicyclic) bond motifs is 2. The number of ether oxygens (including phenoxy) is 4. The van der Waals surface area contributed by atoms with Crippen molar-refractivity contribution in [3.63, 3.8) is 0 Å². The Kier molecular flexibility index (Phi) is 6.97. The van der Waals surface area contributed by atoms with E-state index in [2.05, 4.69) is 41.9 Å². The largest absolute Gasteiger partial charge is 0.490 e. The molecule has 0 unspecified atom stereocenters. The maximum Gasteiger partial charge on any atom is 0.282 e. The average molecular weight is 615 g/mol. The van der Waals surface area contributed by atoms with Crippen LogP contribution in [0.5, 0.6) is 23.0 Å². The number of hydrogen-bond donors (Lipinski definition) is 0. The summed E-state index contributed by atoms with van der Waals surface area (Å²) >= 11 is 6.99. The molecule has 3 aromatic carbocycles. The van der Waals surface area contributed by atoms with Crippen molar-refractivity contribution < 1.29 is 18.9 Å². The molecule has 8 nitrogen and oxygen atoms in total. The van der Waals surface area contributed by atoms with Gasteiger partial charge in [0.2, 0.25) is 6.79 Å². The second-order valence-electron chi connectivity index (χ2n) is 7.91. The fourth-order valence-electron chi connectivity index (χ4n) is 3.74. The van der Waals surface area contributed by atoms with E-state index in [1.54, 1.807) is 25.3 Å². The molecular weight excluding hydrogens is 594 g/mol. The number of nitrogens with zero attached hydrogens (tertiary/aromatic N) is 3. The molecule has 10 heteroatoms. The lowest BCUT2D eigenvalue weighted by Crippen LogP contribution is -2.20. The monoisotopic (exact) mass is 613 g/mol. The van der Waals surface area contributed by atoms with Gasteiger partial charge in [0.05, 0.1) is 23.7 Å². The predicted octanol–water partition coefficient (Wildman–Crippen LogP) is 5.82. The van der Waals surface area contributed by atoms with Crippen LogP contribution in [0.3, 0.4) is 0 Å². The molecule has 0 saturated carbocycles. The highest BCUT2D eigenvalue weighted by molar-refractivity contribution is 9.10. The highest BCUT2D eigenvalue weighted by Gasteiger charge is 2.15. The molecule has 0 atom stereocenters. The normalized spacial score (nSPS) is 12.4. The first-order valence-corrected chi connectivity index (χ1v) is 12.7. The Morgan fingerprint density at radius 2 is 1.86 bits per heavy atom. The molecule has 4 aromatic rings. The summed E-state index contributed by atoms with van der Waals surface area (Å²) in [6, 6.07) is 14.7. The van der Waals surface area contributed by atoms with Crippen molar-refractivity contribution in [1.29, 1.82) is 0 Å². The zero-order valence-corrected chi connectivity index (χ0v) is 22.6. The summed E-state index contributed by atoms with van der Waals surface area (Å²) in [5.74, 6) is 3.05. The summed E-state index contributed by atoms with van der Waals surface area (Å²) in [4.78, 5) is 17.5. The zero-order valence-electron chi connectivity index (χ0n) is 19.5. The van der Waals surface area contributed by atoms with Crippen molar-refractivity contribution in [2.24, 2.45) is 5.10 Å². The first-order valence-electron chi connectivity index (χ1n) is 11.1. The van der Waals surface area contributed by atoms with Crippen LogP contribution in [0, 0.1) is 6.92 Å². The molecule has 1 aliphatic heterocycles. The molecule has 0 spiro atoms. The van der Waals surface area contributed by atoms with Crippen LogP contribution < -0.4 is 24.5 Å². The summed E-state index contributed by atoms with van der Waals surface area (Å²) in [5, 5.41) is 4.90. The maximum atomic E-state index is 13.0. The molecule has 184 valence electrons. The lowest BCUT2D eigenvalue weighted by atomic mass is 10.2. The molecule has 0 aliphatic carbocycles. The first-order chi connectivity index (χ1) is 17.4. The van der Waals surface area contributed by atoms with Gasteiger partial charge in [0.15, 0.2) is 23.0 Å². The van der Waals surface area contributed by atoms with Crippen molar-refractivity contribution in [1.82, 2.24) is 9.66 Å². The molecule has 0 saturated heterocycles. The van der Waals surface area contributed by atoms with Gasteiger partial charge in [-0.05, 0) is 77.8 Å². The van der Waals surface area contributed by atoms with Gasteiger partial charge in [0.25, 0.3) is 5.56 Å². The minimum atomic E-state index is -0.250. The van der Waals surface area contributed by atoms with E-state index in [4.69, 9.17) is 18.9 Å². The van der Waals surface area contributed by atoms with Crippen molar-refractivity contribution in [3.8, 4) is 23.0 Å². The summed E-state index contributed by atoms with van der Waals surface area (Å²) in [7, 11) is 0. The van der Waals surface area contributed by atoms with Crippen molar-refractivity contribution in [3.05, 3.63) is 84.8 Å². The Morgan fingerprint density at radius 1 is 1.06 bits per heavy atom. The van der Waals surface area contributed by atoms with E-state index in [0.29, 0.717) is 47.2 Å². The summed E-state index contributed by atoms with van der Waals surface area (Å²) in [5.41, 5.74) is 2.03. The van der Waals surface area contributed by atoms with Crippen molar-refractivity contribution >= 4 is 49.0 Å². The minimum absolute atomic E-state index is 0.225. The lowest BCUT2D eigenvalue weighted by Gasteiger charge is -2.14. The second-order valence-corrected chi connectivity index (χ2v) is 9.68. The Morgan fingerprint density at radius 3 is 2.69 bits per heavy atom. The number of aromatic nitrogens is 2. The SMILES string of the molecule is CCOc1cc(C=Nn2c(C)nc3ccc(Br)cc3c2=O)c(Br)cc1OCc1ccc2c(c1)OCO2. The number of benzene rings is 3. The maximum absolute atomic E-state index is 13.0. The molecule has 0 N–H and O–H groups in total. The summed E-state index contributed by atoms with van der Waals surface area (Å²) in [6.45, 7) is 4.65. The Labute approximate surface area is 223 Å². The number of halogens is 2. The zero-order chi connectivity index (χ0) is 25.2. The third-order valence-electron chi connectivity index (χ3n) is 5.48. The first kappa shape index (κ1) is 24.3. The third kappa shape index (κ3) is 4.96. The number of aryl methyl sites for hydroxylation is 1. The molecule has 0 bridgehead atoms. The average Bonchev–Trinajstić information content (AvgIpc) is 3.33. The van der Waals surface area contributed by atoms with Crippen LogP contribution in [0.4, 0.5) is 0 Å². The third-order valence-corrected chi connectivity index (χ3v) is 6.66. The molecule has 36 heavy (non-hydrogen) atoms. The van der Waals surface area contributed by atoms with Gasteiger partial charge < -0.3 is 18.9 Å². The van der Waals surface area contributed by atoms with Gasteiger partial charge in [-0.1, -0.05) is 22.0 Å². The van der Waals surface area contributed by atoms with Gasteiger partial charge in [-0.15, -0.1) is 0 Å². The summed E-state index contributed by atoms with van der Waals surface area (Å²) < 4.78 is 25.5. The molecule has 5 rings (SSSR count). The Balaban J connectivity index is 1.42. The quantitative estimate of drug-likeness (QED) is 0.244. The standard InChI is InChI=1S/C26H21Br2N3O5/c1-3-33-24-9-17(12-29-31-15(2)30-21-6-5-18(27)10-19(21)26(31)32)20(28)11-25(24)34-13-16-4-7-22-23(8-16)36-14-35-22/h4-12H,3,13-14H2,1-2H3. The van der Waals surface area contributed by atoms with Crippen LogP contribution in [-0.2, 0) is 6.61 Å². The highest BCUT2D eigenvalue weighted by Crippen LogP contribution is 2.36. The van der Waals surface area contributed by atoms with Crippen LogP contribution in [0.25, 0.3) is 10.9 Å². The molecule has 0 radical (unpaired) electrons. The Bertz CT molecular complexity index is 1550. The van der Waals surface area contributed by atoms with E-state index in [1.165, 1.54) is 4.68 Å². The van der Waals surface area contributed by atoms with Gasteiger partial charge in [-0.25, -0.2) is 4.98 Å². The molecular formula is C26H21Br2N3O5. The number of rotatable bonds is 7. The van der Waals surface area contributed by atoms with Crippen LogP contribution >= 0.6 is 31.9 Å². The molecule has 2 heterocycles. The number of hydrogen-bond acceptors (Lipinski definition) is 7. The minimum Gasteiger partial charge on any atom is -0.490 e. The van der Waals surface area contributed by atoms with Gasteiger partial charge in [-0.3, -0.25) is 4.79 Å². The van der Waals surface area contributed by atoms with E-state index in [9.17, 15) is 4.79 Å². The molecule has 0 fully saturated rings. The van der Waals surface area contributed by atoms with Crippen LogP contribution in [-0.4, -0.2) is 29.3 Å². The van der Waals surface area contributed by atoms with Crippen molar-refractivity contribution in [2.45, 2.75) is 20.5 Å². The van der Waals surface area contributed by atoms with E-state index in [0.717, 1.165) is 25.8 Å². The van der Waals surface area contributed by atoms with Crippen LogP contribution in [0.2, 0.25) is 0 Å². The van der Waals surface area contributed by atoms with Gasteiger partial charge in [-0.2, -0.15) is 9.78 Å². The Hall–Kier alpha value is -3.37. The molecule has 0 amide bonds. The van der Waals surface area contributed by atoms with Crippen LogP contribution in [0.1, 0.15) is 23.9 Å². The second kappa shape index (κ2) is 10.3. The van der Waals surface area contributed by atoms with E-state index in [1.807, 2.05) is 43.3 Å². The fraction of sp³-hybridized carbons (Fsp3) is 0.192. The van der Waals surface area contributed by atoms with Crippen molar-refractivity contribution in [2.75, 3.05) is 13.4 Å². The van der Waals surface area contributed by atoms with Gasteiger partial charge in [0, 0.05) is 14.5 Å². The van der Waals surface area contributed by atoms with Gasteiger partial charge in [0.1, 0.15) is 12.4 Å². The van der Waals surface area contributed by atoms with E-state index >= 15 is 0 Å². The molecule has 1 aliphatic rings. The van der Waals surface area contributed by atoms with E-state index in [-0.39, 0.29) is 12.4 Å². The molecule has 1 aromatic heterocycles. The van der Waals surface area contributed by atoms with E-state index < -0.39 is 0 Å². The van der Waals surface area contributed by atoms with Crippen LogP contribution in [0.15, 0.2) is 67.4 Å². The van der Waals surface area contributed by atoms with Gasteiger partial charge >= 0.3 is 0 Å². The lowest BCUT2D eigenvalue weighted by molar-refractivity contribution is 0.174. The topological polar surface area (TPSA) is 84.2 Å². The fourth-order valence-corrected chi connectivity index (χ4v) is 4.52. The predicted molar refractivity (Wildman–Crippen MR) is 144 cm³/mol. The smallest absolute Gasteiger partial charge is 0.282 e. The summed E-state index contributed by atoms with van der Waals surface area (Å²) in [6.07, 6.45) is 1.59. The highest BCUT2D eigenvalue weighted by atomic mass is 79.9.